The molecule has 0 spiro atoms. The largest absolute Gasteiger partial charge is 0.453 e. The van der Waals surface area contributed by atoms with Crippen LogP contribution in [-0.4, -0.2) is 32.5 Å². The third-order valence-corrected chi connectivity index (χ3v) is 3.76. The Balaban J connectivity index is 1.80. The zero-order valence-electron chi connectivity index (χ0n) is 12.7. The summed E-state index contributed by atoms with van der Waals surface area (Å²) in [7, 11) is 1.35. The topological polar surface area (TPSA) is 59.6 Å². The molecular formula is C16H24N2O3. The van der Waals surface area contributed by atoms with E-state index in [1.165, 1.54) is 7.11 Å². The van der Waals surface area contributed by atoms with Gasteiger partial charge in [-0.25, -0.2) is 4.79 Å². The van der Waals surface area contributed by atoms with E-state index in [2.05, 4.69) is 22.3 Å². The van der Waals surface area contributed by atoms with Crippen LogP contribution in [0.5, 0.6) is 0 Å². The highest BCUT2D eigenvalue weighted by Crippen LogP contribution is 2.22. The average Bonchev–Trinajstić information content (AvgIpc) is 2.50. The summed E-state index contributed by atoms with van der Waals surface area (Å²) in [6.07, 6.45) is 3.02. The van der Waals surface area contributed by atoms with E-state index >= 15 is 0 Å². The number of ether oxygens (including phenoxy) is 2. The van der Waals surface area contributed by atoms with Gasteiger partial charge in [-0.05, 0) is 56.4 Å². The summed E-state index contributed by atoms with van der Waals surface area (Å²) in [5, 5.41) is 6.13. The average molecular weight is 292 g/mol. The van der Waals surface area contributed by atoms with Crippen LogP contribution in [0.1, 0.15) is 26.2 Å². The van der Waals surface area contributed by atoms with Gasteiger partial charge in [0.2, 0.25) is 0 Å². The van der Waals surface area contributed by atoms with E-state index in [-0.39, 0.29) is 0 Å². The summed E-state index contributed by atoms with van der Waals surface area (Å²) in [5.74, 6) is 0.751. The maximum Gasteiger partial charge on any atom is 0.411 e. The molecule has 1 heterocycles. The van der Waals surface area contributed by atoms with Gasteiger partial charge in [-0.2, -0.15) is 0 Å². The van der Waals surface area contributed by atoms with Crippen molar-refractivity contribution in [1.29, 1.82) is 0 Å². The minimum absolute atomic E-state index is 0.424. The van der Waals surface area contributed by atoms with Gasteiger partial charge in [-0.3, -0.25) is 5.32 Å². The number of nitrogens with one attached hydrogen (secondary N) is 2. The normalized spacial score (nSPS) is 17.0. The van der Waals surface area contributed by atoms with Crippen LogP contribution >= 0.6 is 0 Å². The van der Waals surface area contributed by atoms with Crippen LogP contribution in [0.2, 0.25) is 0 Å². The molecule has 0 aromatic heterocycles. The zero-order chi connectivity index (χ0) is 15.1. The molecule has 1 amide bonds. The van der Waals surface area contributed by atoms with Crippen molar-refractivity contribution >= 4 is 17.5 Å². The zero-order valence-corrected chi connectivity index (χ0v) is 12.7. The van der Waals surface area contributed by atoms with Crippen LogP contribution in [0, 0.1) is 5.92 Å². The predicted octanol–water partition coefficient (Wildman–Crippen LogP) is 3.48. The van der Waals surface area contributed by atoms with Gasteiger partial charge in [0, 0.05) is 30.6 Å². The molecule has 1 aromatic rings. The molecule has 5 nitrogen and oxygen atoms in total. The Morgan fingerprint density at radius 1 is 1.29 bits per heavy atom. The number of methoxy groups -OCH3 is 1. The molecule has 1 aliphatic rings. The lowest BCUT2D eigenvalue weighted by Gasteiger charge is -2.25. The molecule has 1 fully saturated rings. The highest BCUT2D eigenvalue weighted by Gasteiger charge is 2.16. The lowest BCUT2D eigenvalue weighted by molar-refractivity contribution is 0.0629. The molecule has 0 saturated carbocycles. The number of amides is 1. The minimum atomic E-state index is -0.455. The number of hydrogen-bond acceptors (Lipinski definition) is 4. The first kappa shape index (κ1) is 15.6. The Kier molecular flexibility index (Phi) is 5.87. The number of hydrogen-bond donors (Lipinski definition) is 2. The molecular weight excluding hydrogens is 268 g/mol. The monoisotopic (exact) mass is 292 g/mol. The molecule has 2 N–H and O–H groups in total. The molecule has 2 rings (SSSR count). The Morgan fingerprint density at radius 2 is 1.90 bits per heavy atom. The maximum atomic E-state index is 11.1. The summed E-state index contributed by atoms with van der Waals surface area (Å²) < 4.78 is 9.95. The Labute approximate surface area is 126 Å². The lowest BCUT2D eigenvalue weighted by Crippen LogP contribution is -2.24. The second-order valence-corrected chi connectivity index (χ2v) is 5.53. The second kappa shape index (κ2) is 7.88. The summed E-state index contributed by atoms with van der Waals surface area (Å²) in [6, 6.07) is 8.07. The van der Waals surface area contributed by atoms with Gasteiger partial charge in [0.1, 0.15) is 0 Å². The Bertz CT molecular complexity index is 441. The summed E-state index contributed by atoms with van der Waals surface area (Å²) in [5.41, 5.74) is 1.79. The first-order valence-electron chi connectivity index (χ1n) is 7.46. The van der Waals surface area contributed by atoms with Crippen molar-refractivity contribution in [2.24, 2.45) is 5.92 Å². The molecule has 0 radical (unpaired) electrons. The molecule has 21 heavy (non-hydrogen) atoms. The number of carbonyl (C=O) groups excluding carboxylic acids is 1. The number of rotatable bonds is 5. The van der Waals surface area contributed by atoms with Crippen LogP contribution < -0.4 is 10.6 Å². The van der Waals surface area contributed by atoms with E-state index in [9.17, 15) is 4.79 Å². The molecule has 1 aromatic carbocycles. The van der Waals surface area contributed by atoms with Gasteiger partial charge in [0.15, 0.2) is 0 Å². The molecule has 0 aliphatic carbocycles. The van der Waals surface area contributed by atoms with Crippen molar-refractivity contribution in [2.45, 2.75) is 32.2 Å². The summed E-state index contributed by atoms with van der Waals surface area (Å²) >= 11 is 0. The highest BCUT2D eigenvalue weighted by atomic mass is 16.5. The van der Waals surface area contributed by atoms with Crippen molar-refractivity contribution in [3.8, 4) is 0 Å². The van der Waals surface area contributed by atoms with Crippen LogP contribution in [0.3, 0.4) is 0 Å². The van der Waals surface area contributed by atoms with Crippen molar-refractivity contribution in [3.63, 3.8) is 0 Å². The summed E-state index contributed by atoms with van der Waals surface area (Å²) in [6.45, 7) is 3.99. The molecule has 116 valence electrons. The van der Waals surface area contributed by atoms with Gasteiger partial charge in [0.25, 0.3) is 0 Å². The number of anilines is 2. The fourth-order valence-electron chi connectivity index (χ4n) is 2.64. The van der Waals surface area contributed by atoms with E-state index in [1.807, 2.05) is 24.3 Å². The quantitative estimate of drug-likeness (QED) is 0.872. The van der Waals surface area contributed by atoms with E-state index in [0.717, 1.165) is 49.8 Å². The standard InChI is InChI=1S/C16H24N2O3/c1-12(11-13-7-9-21-10-8-13)17-14-3-5-15(6-4-14)18-16(19)20-2/h3-6,12-13,17H,7-11H2,1-2H3,(H,18,19)/t12-/m0/s1. The first-order valence-corrected chi connectivity index (χ1v) is 7.46. The molecule has 5 heteroatoms. The molecule has 1 atom stereocenters. The second-order valence-electron chi connectivity index (χ2n) is 5.53. The van der Waals surface area contributed by atoms with Crippen molar-refractivity contribution < 1.29 is 14.3 Å². The maximum absolute atomic E-state index is 11.1. The van der Waals surface area contributed by atoms with Gasteiger partial charge in [-0.1, -0.05) is 0 Å². The van der Waals surface area contributed by atoms with E-state index in [1.54, 1.807) is 0 Å². The van der Waals surface area contributed by atoms with Gasteiger partial charge >= 0.3 is 6.09 Å². The fourth-order valence-corrected chi connectivity index (χ4v) is 2.64. The fraction of sp³-hybridized carbons (Fsp3) is 0.562. The van der Waals surface area contributed by atoms with Crippen molar-refractivity contribution in [2.75, 3.05) is 31.0 Å². The third-order valence-electron chi connectivity index (χ3n) is 3.76. The van der Waals surface area contributed by atoms with E-state index < -0.39 is 6.09 Å². The third kappa shape index (κ3) is 5.27. The SMILES string of the molecule is COC(=O)Nc1ccc(N[C@@H](C)CC2CCOCC2)cc1. The summed E-state index contributed by atoms with van der Waals surface area (Å²) in [4.78, 5) is 11.1. The van der Waals surface area contributed by atoms with Crippen LogP contribution in [0.15, 0.2) is 24.3 Å². The number of carbonyl (C=O) groups is 1. The molecule has 1 saturated heterocycles. The van der Waals surface area contributed by atoms with Gasteiger partial charge in [-0.15, -0.1) is 0 Å². The lowest BCUT2D eigenvalue weighted by atomic mass is 9.93. The van der Waals surface area contributed by atoms with Crippen LogP contribution in [-0.2, 0) is 9.47 Å². The van der Waals surface area contributed by atoms with Gasteiger partial charge < -0.3 is 14.8 Å². The van der Waals surface area contributed by atoms with E-state index in [4.69, 9.17) is 4.74 Å². The molecule has 0 unspecified atom stereocenters. The van der Waals surface area contributed by atoms with Crippen molar-refractivity contribution in [1.82, 2.24) is 0 Å². The minimum Gasteiger partial charge on any atom is -0.453 e. The predicted molar refractivity (Wildman–Crippen MR) is 83.7 cm³/mol. The first-order chi connectivity index (χ1) is 10.2. The van der Waals surface area contributed by atoms with Gasteiger partial charge in [0.05, 0.1) is 7.11 Å². The van der Waals surface area contributed by atoms with Crippen molar-refractivity contribution in [3.05, 3.63) is 24.3 Å². The van der Waals surface area contributed by atoms with Crippen LogP contribution in [0.25, 0.3) is 0 Å². The smallest absolute Gasteiger partial charge is 0.411 e. The Hall–Kier alpha value is -1.75. The van der Waals surface area contributed by atoms with Crippen LogP contribution in [0.4, 0.5) is 16.2 Å². The number of benzene rings is 1. The molecule has 1 aliphatic heterocycles. The highest BCUT2D eigenvalue weighted by molar-refractivity contribution is 5.84. The molecule has 0 bridgehead atoms. The van der Waals surface area contributed by atoms with E-state index in [0.29, 0.717) is 6.04 Å². The Morgan fingerprint density at radius 3 is 2.52 bits per heavy atom.